The molecule has 1 heterocycles. The van der Waals surface area contributed by atoms with Crippen LogP contribution in [-0.2, 0) is 4.79 Å². The van der Waals surface area contributed by atoms with Crippen LogP contribution in [0.2, 0.25) is 0 Å². The molecule has 1 saturated heterocycles. The fraction of sp³-hybridized carbons (Fsp3) is 0.889. The molecule has 2 unspecified atom stereocenters. The van der Waals surface area contributed by atoms with Gasteiger partial charge in [0.25, 0.3) is 0 Å². The average molecular weight is 168 g/mol. The van der Waals surface area contributed by atoms with Crippen LogP contribution in [0.1, 0.15) is 13.8 Å². The number of hydrogen-bond acceptors (Lipinski definition) is 2. The molecule has 0 aromatic carbocycles. The van der Waals surface area contributed by atoms with Crippen LogP contribution in [0.4, 0.5) is 0 Å². The molecule has 2 atom stereocenters. The first-order valence-electron chi connectivity index (χ1n) is 4.64. The van der Waals surface area contributed by atoms with Crippen molar-refractivity contribution in [3.63, 3.8) is 0 Å². The summed E-state index contributed by atoms with van der Waals surface area (Å²) in [6.45, 7) is 6.56. The molecule has 0 bridgehead atoms. The maximum absolute atomic E-state index is 10.9. The normalized spacial score (nSPS) is 40.1. The summed E-state index contributed by atoms with van der Waals surface area (Å²) in [4.78, 5) is 13.3. The lowest BCUT2D eigenvalue weighted by Crippen LogP contribution is -2.33. The Morgan fingerprint density at radius 3 is 2.25 bits per heavy atom. The van der Waals surface area contributed by atoms with Gasteiger partial charge in [-0.25, -0.2) is 0 Å². The van der Waals surface area contributed by atoms with Crippen LogP contribution in [0.5, 0.6) is 0 Å². The first-order chi connectivity index (χ1) is 5.61. The monoisotopic (exact) mass is 168 g/mol. The molecule has 2 N–H and O–H groups in total. The van der Waals surface area contributed by atoms with Crippen LogP contribution in [0.3, 0.4) is 0 Å². The highest BCUT2D eigenvalue weighted by molar-refractivity contribution is 5.80. The molecule has 2 fully saturated rings. The summed E-state index contributed by atoms with van der Waals surface area (Å²) in [7, 11) is 0. The third kappa shape index (κ3) is 1.04. The van der Waals surface area contributed by atoms with E-state index in [1.807, 2.05) is 0 Å². The molecule has 0 aromatic heterocycles. The lowest BCUT2D eigenvalue weighted by Gasteiger charge is -2.22. The molecule has 68 valence electrons. The second-order valence-electron chi connectivity index (χ2n) is 4.30. The third-order valence-electron chi connectivity index (χ3n) is 3.28. The van der Waals surface area contributed by atoms with Gasteiger partial charge in [0, 0.05) is 25.0 Å². The summed E-state index contributed by atoms with van der Waals surface area (Å²) in [6, 6.07) is 0.617. The van der Waals surface area contributed by atoms with Gasteiger partial charge in [-0.3, -0.25) is 4.79 Å². The Labute approximate surface area is 72.9 Å². The molecule has 3 nitrogen and oxygen atoms in total. The molecular formula is C9H16N2O. The van der Waals surface area contributed by atoms with Crippen molar-refractivity contribution in [3.05, 3.63) is 0 Å². The highest BCUT2D eigenvalue weighted by Crippen LogP contribution is 2.51. The first-order valence-corrected chi connectivity index (χ1v) is 4.64. The molecule has 2 aliphatic rings. The van der Waals surface area contributed by atoms with Crippen molar-refractivity contribution in [3.8, 4) is 0 Å². The van der Waals surface area contributed by atoms with E-state index >= 15 is 0 Å². The van der Waals surface area contributed by atoms with E-state index in [2.05, 4.69) is 18.7 Å². The number of rotatable bonds is 2. The van der Waals surface area contributed by atoms with Gasteiger partial charge in [-0.2, -0.15) is 0 Å². The summed E-state index contributed by atoms with van der Waals surface area (Å²) in [5, 5.41) is 0. The Morgan fingerprint density at radius 1 is 1.42 bits per heavy atom. The number of amides is 1. The Bertz CT molecular complexity index is 203. The Hall–Kier alpha value is -0.570. The Balaban J connectivity index is 1.90. The number of hydrogen-bond donors (Lipinski definition) is 1. The van der Waals surface area contributed by atoms with Crippen LogP contribution in [0, 0.1) is 17.8 Å². The van der Waals surface area contributed by atoms with Gasteiger partial charge >= 0.3 is 0 Å². The second kappa shape index (κ2) is 2.46. The molecule has 1 aliphatic heterocycles. The standard InChI is InChI=1S/C9H16N2O/c1-5(2)11-3-6-7(4-11)8(6)9(10)12/h5-8H,3-4H2,1-2H3,(H2,10,12). The summed E-state index contributed by atoms with van der Waals surface area (Å²) in [5.41, 5.74) is 5.25. The third-order valence-corrected chi connectivity index (χ3v) is 3.28. The van der Waals surface area contributed by atoms with Crippen LogP contribution >= 0.6 is 0 Å². The lowest BCUT2D eigenvalue weighted by atomic mass is 10.2. The summed E-state index contributed by atoms with van der Waals surface area (Å²) in [5.74, 6) is 1.29. The Morgan fingerprint density at radius 2 is 1.92 bits per heavy atom. The predicted molar refractivity (Wildman–Crippen MR) is 46.4 cm³/mol. The van der Waals surface area contributed by atoms with Crippen molar-refractivity contribution in [2.75, 3.05) is 13.1 Å². The highest BCUT2D eigenvalue weighted by atomic mass is 16.1. The van der Waals surface area contributed by atoms with Gasteiger partial charge in [-0.15, -0.1) is 0 Å². The van der Waals surface area contributed by atoms with Gasteiger partial charge in [0.05, 0.1) is 0 Å². The number of nitrogens with two attached hydrogens (primary N) is 1. The molecule has 0 radical (unpaired) electrons. The number of fused-ring (bicyclic) bond motifs is 1. The zero-order chi connectivity index (χ0) is 8.88. The minimum Gasteiger partial charge on any atom is -0.369 e. The summed E-state index contributed by atoms with van der Waals surface area (Å²) < 4.78 is 0. The molecule has 12 heavy (non-hydrogen) atoms. The minimum atomic E-state index is -0.0894. The van der Waals surface area contributed by atoms with Crippen molar-refractivity contribution in [1.29, 1.82) is 0 Å². The Kier molecular flexibility index (Phi) is 1.65. The molecule has 3 heteroatoms. The molecular weight excluding hydrogens is 152 g/mol. The molecule has 1 aliphatic carbocycles. The number of likely N-dealkylation sites (tertiary alicyclic amines) is 1. The van der Waals surface area contributed by atoms with Crippen molar-refractivity contribution in [1.82, 2.24) is 4.90 Å². The minimum absolute atomic E-state index is 0.0894. The van der Waals surface area contributed by atoms with Gasteiger partial charge in [0.2, 0.25) is 5.91 Å². The van der Waals surface area contributed by atoms with E-state index in [1.165, 1.54) is 0 Å². The number of primary amides is 1. The van der Waals surface area contributed by atoms with E-state index in [9.17, 15) is 4.79 Å². The molecule has 1 amide bonds. The van der Waals surface area contributed by atoms with Crippen molar-refractivity contribution in [2.24, 2.45) is 23.5 Å². The van der Waals surface area contributed by atoms with Gasteiger partial charge < -0.3 is 10.6 Å². The van der Waals surface area contributed by atoms with E-state index in [4.69, 9.17) is 5.73 Å². The smallest absolute Gasteiger partial charge is 0.221 e. The number of piperidine rings is 1. The van der Waals surface area contributed by atoms with Crippen LogP contribution in [-0.4, -0.2) is 29.9 Å². The van der Waals surface area contributed by atoms with Crippen LogP contribution in [0.25, 0.3) is 0 Å². The van der Waals surface area contributed by atoms with E-state index in [0.29, 0.717) is 17.9 Å². The zero-order valence-electron chi connectivity index (χ0n) is 7.66. The van der Waals surface area contributed by atoms with E-state index in [1.54, 1.807) is 0 Å². The first kappa shape index (κ1) is 8.05. The van der Waals surface area contributed by atoms with Crippen molar-refractivity contribution >= 4 is 5.91 Å². The SMILES string of the molecule is CC(C)N1CC2C(C1)C2C(N)=O. The van der Waals surface area contributed by atoms with E-state index in [0.717, 1.165) is 13.1 Å². The number of carbonyl (C=O) groups excluding carboxylic acids is 1. The van der Waals surface area contributed by atoms with Crippen LogP contribution in [0.15, 0.2) is 0 Å². The van der Waals surface area contributed by atoms with Gasteiger partial charge in [0.15, 0.2) is 0 Å². The molecule has 0 aromatic rings. The lowest BCUT2D eigenvalue weighted by molar-refractivity contribution is -0.120. The predicted octanol–water partition coefficient (Wildman–Crippen LogP) is 0.0579. The van der Waals surface area contributed by atoms with Crippen molar-refractivity contribution in [2.45, 2.75) is 19.9 Å². The van der Waals surface area contributed by atoms with Gasteiger partial charge in [0.1, 0.15) is 0 Å². The van der Waals surface area contributed by atoms with Crippen molar-refractivity contribution < 1.29 is 4.79 Å². The largest absolute Gasteiger partial charge is 0.369 e. The molecule has 2 rings (SSSR count). The van der Waals surface area contributed by atoms with E-state index in [-0.39, 0.29) is 11.8 Å². The van der Waals surface area contributed by atoms with Gasteiger partial charge in [-0.05, 0) is 25.7 Å². The van der Waals surface area contributed by atoms with Crippen LogP contribution < -0.4 is 5.73 Å². The number of carbonyl (C=O) groups is 1. The topological polar surface area (TPSA) is 46.3 Å². The summed E-state index contributed by atoms with van der Waals surface area (Å²) >= 11 is 0. The maximum atomic E-state index is 10.9. The van der Waals surface area contributed by atoms with Gasteiger partial charge in [-0.1, -0.05) is 0 Å². The molecule has 1 saturated carbocycles. The fourth-order valence-electron chi connectivity index (χ4n) is 2.40. The maximum Gasteiger partial charge on any atom is 0.221 e. The zero-order valence-corrected chi connectivity index (χ0v) is 7.66. The summed E-state index contributed by atoms with van der Waals surface area (Å²) in [6.07, 6.45) is 0. The second-order valence-corrected chi connectivity index (χ2v) is 4.30. The quantitative estimate of drug-likeness (QED) is 0.633. The highest BCUT2D eigenvalue weighted by Gasteiger charge is 2.58. The number of nitrogens with zero attached hydrogens (tertiary/aromatic N) is 1. The fourth-order valence-corrected chi connectivity index (χ4v) is 2.40. The average Bonchev–Trinajstić information content (AvgIpc) is 2.48. The van der Waals surface area contributed by atoms with E-state index < -0.39 is 0 Å². The molecule has 0 spiro atoms.